The molecule has 1 amide bonds. The highest BCUT2D eigenvalue weighted by Gasteiger charge is 2.14. The van der Waals surface area contributed by atoms with Gasteiger partial charge in [-0.15, -0.1) is 0 Å². The molecule has 35 heavy (non-hydrogen) atoms. The van der Waals surface area contributed by atoms with E-state index in [9.17, 15) is 14.0 Å². The Kier molecular flexibility index (Phi) is 7.21. The number of aromatic nitrogens is 2. The standard InChI is InChI=1S/C27H24FN3O4/c1-35-24-11-9-23(10-12-24)31-25(19-5-3-7-21(28)15-19)16-22(30-31)8-13-26(32)29-17-18-4-2-6-20(14-18)27(33)34/h2-7,9-12,14-16H,8,13,17H2,1H3,(H,29,32)(H,33,34). The highest BCUT2D eigenvalue weighted by molar-refractivity contribution is 5.87. The zero-order chi connectivity index (χ0) is 24.8. The van der Waals surface area contributed by atoms with Crippen molar-refractivity contribution in [2.45, 2.75) is 19.4 Å². The largest absolute Gasteiger partial charge is 0.497 e. The number of nitrogens with zero attached hydrogens (tertiary/aromatic N) is 2. The van der Waals surface area contributed by atoms with Crippen molar-refractivity contribution >= 4 is 11.9 Å². The first-order valence-corrected chi connectivity index (χ1v) is 11.0. The van der Waals surface area contributed by atoms with Gasteiger partial charge in [0, 0.05) is 24.9 Å². The topological polar surface area (TPSA) is 93.5 Å². The van der Waals surface area contributed by atoms with E-state index >= 15 is 0 Å². The predicted molar refractivity (Wildman–Crippen MR) is 129 cm³/mol. The molecule has 0 spiro atoms. The van der Waals surface area contributed by atoms with Gasteiger partial charge in [0.15, 0.2) is 0 Å². The minimum absolute atomic E-state index is 0.172. The molecular weight excluding hydrogens is 449 g/mol. The summed E-state index contributed by atoms with van der Waals surface area (Å²) < 4.78 is 20.9. The van der Waals surface area contributed by atoms with Gasteiger partial charge in [-0.1, -0.05) is 24.3 Å². The molecule has 0 unspecified atom stereocenters. The van der Waals surface area contributed by atoms with Crippen molar-refractivity contribution in [1.82, 2.24) is 15.1 Å². The molecule has 0 saturated carbocycles. The molecule has 0 aliphatic carbocycles. The van der Waals surface area contributed by atoms with E-state index in [0.717, 1.165) is 5.69 Å². The lowest BCUT2D eigenvalue weighted by molar-refractivity contribution is -0.121. The molecule has 178 valence electrons. The number of carbonyl (C=O) groups is 2. The van der Waals surface area contributed by atoms with E-state index < -0.39 is 5.97 Å². The molecule has 4 aromatic rings. The number of halogens is 1. The first-order valence-electron chi connectivity index (χ1n) is 11.0. The minimum atomic E-state index is -1.01. The lowest BCUT2D eigenvalue weighted by Gasteiger charge is -2.08. The van der Waals surface area contributed by atoms with Gasteiger partial charge in [0.1, 0.15) is 11.6 Å². The average molecular weight is 474 g/mol. The van der Waals surface area contributed by atoms with Crippen molar-refractivity contribution in [2.75, 3.05) is 7.11 Å². The Hall–Kier alpha value is -4.46. The highest BCUT2D eigenvalue weighted by atomic mass is 19.1. The maximum absolute atomic E-state index is 13.9. The van der Waals surface area contributed by atoms with Gasteiger partial charge in [-0.2, -0.15) is 5.10 Å². The van der Waals surface area contributed by atoms with Crippen LogP contribution in [0.2, 0.25) is 0 Å². The van der Waals surface area contributed by atoms with Crippen LogP contribution in [0.25, 0.3) is 16.9 Å². The number of rotatable bonds is 9. The Morgan fingerprint density at radius 1 is 1.03 bits per heavy atom. The fraction of sp³-hybridized carbons (Fsp3) is 0.148. The van der Waals surface area contributed by atoms with Gasteiger partial charge in [-0.25, -0.2) is 13.9 Å². The second-order valence-corrected chi connectivity index (χ2v) is 7.92. The number of hydrogen-bond acceptors (Lipinski definition) is 4. The summed E-state index contributed by atoms with van der Waals surface area (Å²) in [6, 6.07) is 21.9. The van der Waals surface area contributed by atoms with Crippen molar-refractivity contribution in [3.63, 3.8) is 0 Å². The molecule has 3 aromatic carbocycles. The Morgan fingerprint density at radius 3 is 2.51 bits per heavy atom. The van der Waals surface area contributed by atoms with Gasteiger partial charge in [0.2, 0.25) is 5.91 Å². The fourth-order valence-corrected chi connectivity index (χ4v) is 3.67. The zero-order valence-electron chi connectivity index (χ0n) is 19.1. The van der Waals surface area contributed by atoms with Gasteiger partial charge >= 0.3 is 5.97 Å². The molecule has 0 fully saturated rings. The second kappa shape index (κ2) is 10.6. The monoisotopic (exact) mass is 473 g/mol. The van der Waals surface area contributed by atoms with Crippen molar-refractivity contribution in [1.29, 1.82) is 0 Å². The molecule has 0 aliphatic heterocycles. The first-order chi connectivity index (χ1) is 16.9. The van der Waals surface area contributed by atoms with Crippen LogP contribution < -0.4 is 10.1 Å². The molecule has 0 saturated heterocycles. The summed E-state index contributed by atoms with van der Waals surface area (Å²) >= 11 is 0. The van der Waals surface area contributed by atoms with Crippen LogP contribution in [0.3, 0.4) is 0 Å². The quantitative estimate of drug-likeness (QED) is 0.370. The number of ether oxygens (including phenoxy) is 1. The number of benzene rings is 3. The summed E-state index contributed by atoms with van der Waals surface area (Å²) in [5.41, 5.74) is 3.71. The van der Waals surface area contributed by atoms with E-state index in [1.54, 1.807) is 30.0 Å². The normalized spacial score (nSPS) is 10.7. The van der Waals surface area contributed by atoms with Crippen molar-refractivity contribution in [3.8, 4) is 22.7 Å². The lowest BCUT2D eigenvalue weighted by atomic mass is 10.1. The van der Waals surface area contributed by atoms with Gasteiger partial charge in [-0.3, -0.25) is 4.79 Å². The van der Waals surface area contributed by atoms with Crippen LogP contribution >= 0.6 is 0 Å². The number of carboxylic acids is 1. The number of carbonyl (C=O) groups excluding carboxylic acids is 1. The van der Waals surface area contributed by atoms with Crippen molar-refractivity contribution in [2.24, 2.45) is 0 Å². The first kappa shape index (κ1) is 23.7. The number of hydrogen-bond donors (Lipinski definition) is 2. The Bertz CT molecular complexity index is 1350. The van der Waals surface area contributed by atoms with E-state index in [-0.39, 0.29) is 30.3 Å². The molecule has 0 radical (unpaired) electrons. The van der Waals surface area contributed by atoms with E-state index in [1.165, 1.54) is 24.3 Å². The van der Waals surface area contributed by atoms with Gasteiger partial charge in [0.05, 0.1) is 29.7 Å². The van der Waals surface area contributed by atoms with Crippen LogP contribution in [-0.4, -0.2) is 33.9 Å². The van der Waals surface area contributed by atoms with Gasteiger partial charge in [-0.05, 0) is 60.2 Å². The maximum Gasteiger partial charge on any atom is 0.335 e. The molecule has 4 rings (SSSR count). The van der Waals surface area contributed by atoms with E-state index in [4.69, 9.17) is 9.84 Å². The summed E-state index contributed by atoms with van der Waals surface area (Å²) in [4.78, 5) is 23.5. The van der Waals surface area contributed by atoms with Gasteiger partial charge in [0.25, 0.3) is 0 Å². The SMILES string of the molecule is COc1ccc(-n2nc(CCC(=O)NCc3cccc(C(=O)O)c3)cc2-c2cccc(F)c2)cc1. The zero-order valence-corrected chi connectivity index (χ0v) is 19.1. The van der Waals surface area contributed by atoms with E-state index in [1.807, 2.05) is 36.4 Å². The summed E-state index contributed by atoms with van der Waals surface area (Å²) in [5.74, 6) is -0.839. The molecule has 1 aromatic heterocycles. The fourth-order valence-electron chi connectivity index (χ4n) is 3.67. The van der Waals surface area contributed by atoms with Crippen molar-refractivity contribution < 1.29 is 23.8 Å². The van der Waals surface area contributed by atoms with Crippen LogP contribution in [0.5, 0.6) is 5.75 Å². The highest BCUT2D eigenvalue weighted by Crippen LogP contribution is 2.26. The van der Waals surface area contributed by atoms with Gasteiger partial charge < -0.3 is 15.2 Å². The molecule has 0 aliphatic rings. The minimum Gasteiger partial charge on any atom is -0.497 e. The molecular formula is C27H24FN3O4. The predicted octanol–water partition coefficient (Wildman–Crippen LogP) is 4.63. The number of methoxy groups -OCH3 is 1. The number of carboxylic acid groups (broad SMARTS) is 1. The third kappa shape index (κ3) is 5.92. The molecule has 0 atom stereocenters. The molecule has 2 N–H and O–H groups in total. The number of aryl methyl sites for hydroxylation is 1. The van der Waals surface area contributed by atoms with Crippen LogP contribution in [0.15, 0.2) is 78.9 Å². The summed E-state index contributed by atoms with van der Waals surface area (Å²) in [7, 11) is 1.59. The van der Waals surface area contributed by atoms with Crippen LogP contribution in [0, 0.1) is 5.82 Å². The Labute approximate surface area is 201 Å². The Morgan fingerprint density at radius 2 is 1.80 bits per heavy atom. The van der Waals surface area contributed by atoms with Crippen LogP contribution in [0.4, 0.5) is 4.39 Å². The van der Waals surface area contributed by atoms with Crippen LogP contribution in [0.1, 0.15) is 28.0 Å². The molecule has 0 bridgehead atoms. The third-order valence-electron chi connectivity index (χ3n) is 5.47. The summed E-state index contributed by atoms with van der Waals surface area (Å²) in [5, 5.41) is 16.6. The number of aromatic carboxylic acids is 1. The smallest absolute Gasteiger partial charge is 0.335 e. The van der Waals surface area contributed by atoms with Crippen LogP contribution in [-0.2, 0) is 17.8 Å². The Balaban J connectivity index is 1.49. The average Bonchev–Trinajstić information content (AvgIpc) is 3.31. The molecule has 7 nitrogen and oxygen atoms in total. The van der Waals surface area contributed by atoms with E-state index in [2.05, 4.69) is 10.4 Å². The number of nitrogens with one attached hydrogen (secondary N) is 1. The summed E-state index contributed by atoms with van der Waals surface area (Å²) in [6.07, 6.45) is 0.577. The third-order valence-corrected chi connectivity index (χ3v) is 5.47. The van der Waals surface area contributed by atoms with Crippen molar-refractivity contribution in [3.05, 3.63) is 102 Å². The number of amides is 1. The molecule has 8 heteroatoms. The summed E-state index contributed by atoms with van der Waals surface area (Å²) in [6.45, 7) is 0.231. The maximum atomic E-state index is 13.9. The lowest BCUT2D eigenvalue weighted by Crippen LogP contribution is -2.23. The van der Waals surface area contributed by atoms with E-state index in [0.29, 0.717) is 34.7 Å². The second-order valence-electron chi connectivity index (χ2n) is 7.92. The molecule has 1 heterocycles.